The summed E-state index contributed by atoms with van der Waals surface area (Å²) < 4.78 is 0. The molecule has 1 aromatic carbocycles. The Morgan fingerprint density at radius 1 is 1.21 bits per heavy atom. The summed E-state index contributed by atoms with van der Waals surface area (Å²) in [4.78, 5) is 11.8. The molecule has 19 heavy (non-hydrogen) atoms. The highest BCUT2D eigenvalue weighted by Crippen LogP contribution is 2.10. The molecular formula is C16H24N2O. The minimum absolute atomic E-state index is 0.0366. The molecule has 3 heteroatoms. The van der Waals surface area contributed by atoms with Gasteiger partial charge in [0.15, 0.2) is 0 Å². The fourth-order valence-corrected chi connectivity index (χ4v) is 1.60. The maximum Gasteiger partial charge on any atom is 0.236 e. The Bertz CT molecular complexity index is 412. The van der Waals surface area contributed by atoms with Gasteiger partial charge in [0.05, 0.1) is 6.04 Å². The summed E-state index contributed by atoms with van der Waals surface area (Å²) >= 11 is 0. The van der Waals surface area contributed by atoms with Crippen LogP contribution in [0.1, 0.15) is 26.3 Å². The Labute approximate surface area is 116 Å². The van der Waals surface area contributed by atoms with E-state index in [9.17, 15) is 4.79 Å². The molecule has 0 aliphatic carbocycles. The first-order valence-corrected chi connectivity index (χ1v) is 6.75. The molecule has 0 spiro atoms. The molecule has 0 bridgehead atoms. The van der Waals surface area contributed by atoms with Crippen molar-refractivity contribution in [3.05, 3.63) is 42.5 Å². The van der Waals surface area contributed by atoms with Crippen LogP contribution >= 0.6 is 0 Å². The number of hydrogen-bond donors (Lipinski definition) is 2. The molecule has 1 unspecified atom stereocenters. The van der Waals surface area contributed by atoms with Crippen LogP contribution in [0.4, 0.5) is 0 Å². The van der Waals surface area contributed by atoms with Gasteiger partial charge in [0, 0.05) is 13.1 Å². The molecule has 0 aromatic heterocycles. The lowest BCUT2D eigenvalue weighted by Crippen LogP contribution is -2.43. The average molecular weight is 260 g/mol. The lowest BCUT2D eigenvalue weighted by atomic mass is 10.1. The van der Waals surface area contributed by atoms with Crippen molar-refractivity contribution in [3.8, 4) is 0 Å². The molecule has 1 atom stereocenters. The van der Waals surface area contributed by atoms with Gasteiger partial charge in [0.2, 0.25) is 5.91 Å². The molecule has 1 aromatic rings. The van der Waals surface area contributed by atoms with Crippen molar-refractivity contribution in [2.75, 3.05) is 13.1 Å². The number of hydrogen-bond acceptors (Lipinski definition) is 2. The molecule has 1 rings (SSSR count). The Morgan fingerprint density at radius 3 is 2.42 bits per heavy atom. The van der Waals surface area contributed by atoms with Gasteiger partial charge in [-0.1, -0.05) is 50.8 Å². The summed E-state index contributed by atoms with van der Waals surface area (Å²) in [7, 11) is 0. The predicted molar refractivity (Wildman–Crippen MR) is 80.8 cm³/mol. The van der Waals surface area contributed by atoms with Crippen LogP contribution in [0.5, 0.6) is 0 Å². The second-order valence-corrected chi connectivity index (χ2v) is 5.21. The van der Waals surface area contributed by atoms with Gasteiger partial charge in [0.1, 0.15) is 0 Å². The maximum absolute atomic E-state index is 11.8. The molecule has 0 heterocycles. The van der Waals surface area contributed by atoms with Gasteiger partial charge in [-0.05, 0) is 24.0 Å². The molecule has 2 N–H and O–H groups in total. The second-order valence-electron chi connectivity index (χ2n) is 5.21. The lowest BCUT2D eigenvalue weighted by Gasteiger charge is -2.16. The van der Waals surface area contributed by atoms with Gasteiger partial charge >= 0.3 is 0 Å². The summed E-state index contributed by atoms with van der Waals surface area (Å²) in [5.74, 6) is 0.505. The highest BCUT2D eigenvalue weighted by Gasteiger charge is 2.12. The van der Waals surface area contributed by atoms with Gasteiger partial charge in [-0.2, -0.15) is 0 Å². The molecule has 104 valence electrons. The number of rotatable bonds is 7. The van der Waals surface area contributed by atoms with Crippen molar-refractivity contribution in [1.29, 1.82) is 0 Å². The first kappa shape index (κ1) is 15.4. The van der Waals surface area contributed by atoms with Gasteiger partial charge in [-0.3, -0.25) is 4.79 Å². The van der Waals surface area contributed by atoms with Crippen molar-refractivity contribution in [1.82, 2.24) is 10.6 Å². The smallest absolute Gasteiger partial charge is 0.236 e. The van der Waals surface area contributed by atoms with Gasteiger partial charge in [0.25, 0.3) is 0 Å². The molecule has 0 saturated carbocycles. The standard InChI is InChI=1S/C16H24N2O/c1-12(2)10-18-16(19)14(4)17-11-13(3)15-8-6-5-7-9-15/h5-9,12,14,17H,3,10-11H2,1-2,4H3,(H,18,19). The monoisotopic (exact) mass is 260 g/mol. The van der Waals surface area contributed by atoms with Crippen molar-refractivity contribution < 1.29 is 4.79 Å². The van der Waals surface area contributed by atoms with E-state index in [2.05, 4.69) is 31.1 Å². The zero-order chi connectivity index (χ0) is 14.3. The van der Waals surface area contributed by atoms with Gasteiger partial charge in [-0.25, -0.2) is 0 Å². The SMILES string of the molecule is C=C(CNC(C)C(=O)NCC(C)C)c1ccccc1. The third-order valence-electron chi connectivity index (χ3n) is 2.88. The van der Waals surface area contributed by atoms with Crippen LogP contribution in [-0.4, -0.2) is 25.0 Å². The summed E-state index contributed by atoms with van der Waals surface area (Å²) in [6.45, 7) is 11.4. The molecule has 1 amide bonds. The van der Waals surface area contributed by atoms with Crippen molar-refractivity contribution >= 4 is 11.5 Å². The minimum Gasteiger partial charge on any atom is -0.354 e. The predicted octanol–water partition coefficient (Wildman–Crippen LogP) is 2.45. The van der Waals surface area contributed by atoms with Gasteiger partial charge < -0.3 is 10.6 Å². The first-order valence-electron chi connectivity index (χ1n) is 6.75. The summed E-state index contributed by atoms with van der Waals surface area (Å²) in [5, 5.41) is 6.11. The zero-order valence-electron chi connectivity index (χ0n) is 12.1. The fraction of sp³-hybridized carbons (Fsp3) is 0.438. The normalized spacial score (nSPS) is 12.2. The number of amides is 1. The Balaban J connectivity index is 2.36. The summed E-state index contributed by atoms with van der Waals surface area (Å²) in [5.41, 5.74) is 2.09. The zero-order valence-corrected chi connectivity index (χ0v) is 12.1. The van der Waals surface area contributed by atoms with Crippen LogP contribution in [-0.2, 0) is 4.79 Å². The third kappa shape index (κ3) is 5.71. The van der Waals surface area contributed by atoms with Crippen LogP contribution in [0.3, 0.4) is 0 Å². The Morgan fingerprint density at radius 2 is 1.84 bits per heavy atom. The van der Waals surface area contributed by atoms with E-state index >= 15 is 0 Å². The molecule has 0 saturated heterocycles. The average Bonchev–Trinajstić information content (AvgIpc) is 2.42. The summed E-state index contributed by atoms with van der Waals surface area (Å²) in [6.07, 6.45) is 0. The van der Waals surface area contributed by atoms with Crippen LogP contribution in [0.25, 0.3) is 5.57 Å². The van der Waals surface area contributed by atoms with Crippen LogP contribution in [0.15, 0.2) is 36.9 Å². The topological polar surface area (TPSA) is 41.1 Å². The van der Waals surface area contributed by atoms with E-state index < -0.39 is 0 Å². The molecule has 0 radical (unpaired) electrons. The molecular weight excluding hydrogens is 236 g/mol. The number of carbonyl (C=O) groups excluding carboxylic acids is 1. The Hall–Kier alpha value is -1.61. The van der Waals surface area contributed by atoms with E-state index in [0.29, 0.717) is 19.0 Å². The number of carbonyl (C=O) groups is 1. The molecule has 0 aliphatic rings. The highest BCUT2D eigenvalue weighted by atomic mass is 16.2. The van der Waals surface area contributed by atoms with E-state index in [1.807, 2.05) is 37.3 Å². The van der Waals surface area contributed by atoms with E-state index in [1.54, 1.807) is 0 Å². The third-order valence-corrected chi connectivity index (χ3v) is 2.88. The Kier molecular flexibility index (Phi) is 6.30. The molecule has 0 fully saturated rings. The number of benzene rings is 1. The highest BCUT2D eigenvalue weighted by molar-refractivity contribution is 5.81. The molecule has 0 aliphatic heterocycles. The van der Waals surface area contributed by atoms with Crippen LogP contribution < -0.4 is 10.6 Å². The molecule has 3 nitrogen and oxygen atoms in total. The van der Waals surface area contributed by atoms with E-state index in [1.165, 1.54) is 0 Å². The fourth-order valence-electron chi connectivity index (χ4n) is 1.60. The summed E-state index contributed by atoms with van der Waals surface area (Å²) in [6, 6.07) is 9.78. The maximum atomic E-state index is 11.8. The van der Waals surface area contributed by atoms with Crippen molar-refractivity contribution in [3.63, 3.8) is 0 Å². The van der Waals surface area contributed by atoms with E-state index in [0.717, 1.165) is 11.1 Å². The van der Waals surface area contributed by atoms with E-state index in [4.69, 9.17) is 0 Å². The number of nitrogens with one attached hydrogen (secondary N) is 2. The van der Waals surface area contributed by atoms with Crippen molar-refractivity contribution in [2.45, 2.75) is 26.8 Å². The second kappa shape index (κ2) is 7.74. The van der Waals surface area contributed by atoms with Crippen molar-refractivity contribution in [2.24, 2.45) is 5.92 Å². The largest absolute Gasteiger partial charge is 0.354 e. The van der Waals surface area contributed by atoms with Crippen LogP contribution in [0.2, 0.25) is 0 Å². The van der Waals surface area contributed by atoms with Gasteiger partial charge in [-0.15, -0.1) is 0 Å². The van der Waals surface area contributed by atoms with E-state index in [-0.39, 0.29) is 11.9 Å². The first-order chi connectivity index (χ1) is 9.00. The lowest BCUT2D eigenvalue weighted by molar-refractivity contribution is -0.122. The minimum atomic E-state index is -0.209. The van der Waals surface area contributed by atoms with Crippen LogP contribution in [0, 0.1) is 5.92 Å². The quantitative estimate of drug-likeness (QED) is 0.790.